The zero-order valence-electron chi connectivity index (χ0n) is 11.1. The van der Waals surface area contributed by atoms with Crippen LogP contribution in [-0.4, -0.2) is 9.78 Å². The second-order valence-electron chi connectivity index (χ2n) is 4.36. The van der Waals surface area contributed by atoms with Crippen molar-refractivity contribution in [3.05, 3.63) is 35.5 Å². The summed E-state index contributed by atoms with van der Waals surface area (Å²) < 4.78 is 1.72. The first-order chi connectivity index (χ1) is 9.17. The maximum absolute atomic E-state index is 9.08. The number of nitrogen functional groups attached to an aromatic ring is 1. The highest BCUT2D eigenvalue weighted by Crippen LogP contribution is 2.27. The highest BCUT2D eigenvalue weighted by Gasteiger charge is 2.13. The second kappa shape index (κ2) is 5.44. The Morgan fingerprint density at radius 1 is 1.42 bits per heavy atom. The molecule has 0 unspecified atom stereocenters. The van der Waals surface area contributed by atoms with Gasteiger partial charge in [-0.3, -0.25) is 4.68 Å². The molecule has 19 heavy (non-hydrogen) atoms. The van der Waals surface area contributed by atoms with Crippen molar-refractivity contribution in [3.63, 3.8) is 0 Å². The van der Waals surface area contributed by atoms with E-state index in [1.165, 1.54) is 0 Å². The number of hydrogen-bond acceptors (Lipinski definition) is 4. The quantitative estimate of drug-likeness (QED) is 0.880. The van der Waals surface area contributed by atoms with Gasteiger partial charge in [-0.05, 0) is 18.6 Å². The molecular weight excluding hydrogens is 238 g/mol. The van der Waals surface area contributed by atoms with Crippen LogP contribution in [0, 0.1) is 11.3 Å². The van der Waals surface area contributed by atoms with E-state index in [4.69, 9.17) is 11.0 Å². The summed E-state index contributed by atoms with van der Waals surface area (Å²) in [6, 6.07) is 9.48. The third kappa shape index (κ3) is 2.52. The van der Waals surface area contributed by atoms with Crippen LogP contribution in [0.25, 0.3) is 0 Å². The number of benzene rings is 1. The number of nitrogens with two attached hydrogens (primary N) is 1. The van der Waals surface area contributed by atoms with E-state index in [-0.39, 0.29) is 0 Å². The molecule has 0 saturated heterocycles. The molecule has 5 heteroatoms. The molecule has 1 aromatic heterocycles. The highest BCUT2D eigenvalue weighted by molar-refractivity contribution is 5.74. The van der Waals surface area contributed by atoms with Gasteiger partial charge in [-0.15, -0.1) is 0 Å². The van der Waals surface area contributed by atoms with Gasteiger partial charge in [-0.1, -0.05) is 25.5 Å². The Hall–Kier alpha value is -2.48. The molecule has 0 saturated carbocycles. The number of anilines is 3. The van der Waals surface area contributed by atoms with Gasteiger partial charge in [0, 0.05) is 7.05 Å². The highest BCUT2D eigenvalue weighted by atomic mass is 15.3. The average Bonchev–Trinajstić information content (AvgIpc) is 2.68. The molecule has 0 fully saturated rings. The fraction of sp³-hybridized carbons (Fsp3) is 0.286. The maximum Gasteiger partial charge on any atom is 0.152 e. The van der Waals surface area contributed by atoms with Crippen molar-refractivity contribution in [1.82, 2.24) is 9.78 Å². The molecule has 0 spiro atoms. The Morgan fingerprint density at radius 3 is 2.84 bits per heavy atom. The Kier molecular flexibility index (Phi) is 3.71. The summed E-state index contributed by atoms with van der Waals surface area (Å²) >= 11 is 0. The Bertz CT molecular complexity index is 621. The van der Waals surface area contributed by atoms with Crippen molar-refractivity contribution in [2.45, 2.75) is 19.8 Å². The smallest absolute Gasteiger partial charge is 0.152 e. The lowest BCUT2D eigenvalue weighted by molar-refractivity contribution is 0.740. The topological polar surface area (TPSA) is 79.7 Å². The zero-order chi connectivity index (χ0) is 13.8. The van der Waals surface area contributed by atoms with E-state index in [0.717, 1.165) is 30.0 Å². The van der Waals surface area contributed by atoms with E-state index in [1.54, 1.807) is 10.7 Å². The molecule has 2 rings (SSSR count). The molecular formula is C14H17N5. The second-order valence-corrected chi connectivity index (χ2v) is 4.36. The lowest BCUT2D eigenvalue weighted by Crippen LogP contribution is -2.02. The van der Waals surface area contributed by atoms with Crippen molar-refractivity contribution >= 4 is 17.2 Å². The summed E-state index contributed by atoms with van der Waals surface area (Å²) in [5.74, 6) is 0.728. The fourth-order valence-electron chi connectivity index (χ4n) is 1.98. The summed E-state index contributed by atoms with van der Waals surface area (Å²) in [5.41, 5.74) is 8.96. The predicted molar refractivity (Wildman–Crippen MR) is 76.1 cm³/mol. The first-order valence-electron chi connectivity index (χ1n) is 6.24. The number of rotatable bonds is 4. The van der Waals surface area contributed by atoms with E-state index in [2.05, 4.69) is 23.4 Å². The van der Waals surface area contributed by atoms with E-state index in [1.807, 2.05) is 25.2 Å². The molecule has 0 bridgehead atoms. The molecule has 0 aliphatic rings. The van der Waals surface area contributed by atoms with E-state index < -0.39 is 0 Å². The lowest BCUT2D eigenvalue weighted by atomic mass is 10.2. The predicted octanol–water partition coefficient (Wildman–Crippen LogP) is 2.57. The first-order valence-corrected chi connectivity index (χ1v) is 6.24. The van der Waals surface area contributed by atoms with E-state index in [0.29, 0.717) is 11.3 Å². The monoisotopic (exact) mass is 255 g/mol. The minimum Gasteiger partial charge on any atom is -0.394 e. The van der Waals surface area contributed by atoms with Crippen LogP contribution in [0.15, 0.2) is 24.3 Å². The number of nitrogens with zero attached hydrogens (tertiary/aromatic N) is 3. The van der Waals surface area contributed by atoms with Gasteiger partial charge in [0.15, 0.2) is 5.82 Å². The number of para-hydroxylation sites is 1. The van der Waals surface area contributed by atoms with Crippen LogP contribution in [-0.2, 0) is 13.5 Å². The molecule has 2 aromatic rings. The van der Waals surface area contributed by atoms with Crippen LogP contribution in [0.2, 0.25) is 0 Å². The number of nitrogens with one attached hydrogen (secondary N) is 1. The maximum atomic E-state index is 9.08. The molecule has 3 N–H and O–H groups in total. The summed E-state index contributed by atoms with van der Waals surface area (Å²) in [7, 11) is 1.84. The van der Waals surface area contributed by atoms with Gasteiger partial charge < -0.3 is 11.1 Å². The molecule has 0 atom stereocenters. The summed E-state index contributed by atoms with van der Waals surface area (Å²) in [6.45, 7) is 2.09. The van der Waals surface area contributed by atoms with Gasteiger partial charge in [0.05, 0.1) is 22.6 Å². The van der Waals surface area contributed by atoms with Crippen molar-refractivity contribution in [3.8, 4) is 6.07 Å². The van der Waals surface area contributed by atoms with Crippen LogP contribution in [0.3, 0.4) is 0 Å². The van der Waals surface area contributed by atoms with Gasteiger partial charge in [-0.25, -0.2) is 0 Å². The molecule has 0 aliphatic carbocycles. The van der Waals surface area contributed by atoms with Gasteiger partial charge in [0.2, 0.25) is 0 Å². The standard InChI is InChI=1S/C14H17N5/c1-3-6-12-13(16)14(19(2)18-12)17-11-8-5-4-7-10(11)9-15/h4-5,7-8,17H,3,6,16H2,1-2H3. The third-order valence-corrected chi connectivity index (χ3v) is 2.95. The summed E-state index contributed by atoms with van der Waals surface area (Å²) in [5, 5.41) is 16.7. The van der Waals surface area contributed by atoms with E-state index >= 15 is 0 Å². The summed E-state index contributed by atoms with van der Waals surface area (Å²) in [6.07, 6.45) is 1.84. The summed E-state index contributed by atoms with van der Waals surface area (Å²) in [4.78, 5) is 0. The van der Waals surface area contributed by atoms with E-state index in [9.17, 15) is 0 Å². The fourth-order valence-corrected chi connectivity index (χ4v) is 1.98. The molecule has 5 nitrogen and oxygen atoms in total. The number of aromatic nitrogens is 2. The van der Waals surface area contributed by atoms with Gasteiger partial charge >= 0.3 is 0 Å². The Labute approximate surface area is 112 Å². The number of hydrogen-bond donors (Lipinski definition) is 2. The van der Waals surface area contributed by atoms with Crippen LogP contribution in [0.1, 0.15) is 24.6 Å². The van der Waals surface area contributed by atoms with Crippen LogP contribution in [0.5, 0.6) is 0 Å². The molecule has 98 valence electrons. The third-order valence-electron chi connectivity index (χ3n) is 2.95. The molecule has 0 radical (unpaired) electrons. The molecule has 0 amide bonds. The van der Waals surface area contributed by atoms with Gasteiger partial charge in [0.1, 0.15) is 6.07 Å². The van der Waals surface area contributed by atoms with Gasteiger partial charge in [0.25, 0.3) is 0 Å². The minimum atomic E-state index is 0.583. The number of aryl methyl sites for hydroxylation is 2. The molecule has 1 aromatic carbocycles. The SMILES string of the molecule is CCCc1nn(C)c(Nc2ccccc2C#N)c1N. The molecule has 1 heterocycles. The average molecular weight is 255 g/mol. The van der Waals surface area contributed by atoms with Crippen molar-refractivity contribution in [1.29, 1.82) is 5.26 Å². The molecule has 0 aliphatic heterocycles. The Balaban J connectivity index is 2.36. The van der Waals surface area contributed by atoms with Gasteiger partial charge in [-0.2, -0.15) is 10.4 Å². The van der Waals surface area contributed by atoms with Crippen molar-refractivity contribution < 1.29 is 0 Å². The largest absolute Gasteiger partial charge is 0.394 e. The van der Waals surface area contributed by atoms with Crippen LogP contribution >= 0.6 is 0 Å². The van der Waals surface area contributed by atoms with Crippen molar-refractivity contribution in [2.75, 3.05) is 11.1 Å². The normalized spacial score (nSPS) is 10.2. The number of nitriles is 1. The zero-order valence-corrected chi connectivity index (χ0v) is 11.1. The van der Waals surface area contributed by atoms with Crippen molar-refractivity contribution in [2.24, 2.45) is 7.05 Å². The Morgan fingerprint density at radius 2 is 2.16 bits per heavy atom. The first kappa shape index (κ1) is 13.0. The van der Waals surface area contributed by atoms with Crippen LogP contribution < -0.4 is 11.1 Å². The minimum absolute atomic E-state index is 0.583. The lowest BCUT2D eigenvalue weighted by Gasteiger charge is -2.09. The van der Waals surface area contributed by atoms with Crippen LogP contribution in [0.4, 0.5) is 17.2 Å².